The van der Waals surface area contributed by atoms with Crippen molar-refractivity contribution in [2.45, 2.75) is 12.3 Å². The van der Waals surface area contributed by atoms with Crippen LogP contribution in [0.5, 0.6) is 0 Å². The van der Waals surface area contributed by atoms with Crippen LogP contribution in [0.3, 0.4) is 0 Å². The summed E-state index contributed by atoms with van der Waals surface area (Å²) < 4.78 is 39.0. The lowest BCUT2D eigenvalue weighted by atomic mass is 10.1. The summed E-state index contributed by atoms with van der Waals surface area (Å²) in [5.41, 5.74) is 1.71. The van der Waals surface area contributed by atoms with Crippen LogP contribution in [0.15, 0.2) is 66.7 Å². The largest absolute Gasteiger partial charge is 0.425 e. The van der Waals surface area contributed by atoms with Crippen LogP contribution in [0, 0.1) is 0 Å². The van der Waals surface area contributed by atoms with Crippen LogP contribution in [-0.4, -0.2) is 5.91 Å². The molecule has 1 unspecified atom stereocenters. The fourth-order valence-corrected chi connectivity index (χ4v) is 3.88. The van der Waals surface area contributed by atoms with Crippen LogP contribution in [-0.2, 0) is 6.18 Å². The van der Waals surface area contributed by atoms with Crippen molar-refractivity contribution < 1.29 is 18.0 Å². The number of nitrogens with one attached hydrogen (secondary N) is 1. The highest BCUT2D eigenvalue weighted by atomic mass is 32.1. The van der Waals surface area contributed by atoms with Gasteiger partial charge < -0.3 is 5.32 Å². The Labute approximate surface area is 151 Å². The average Bonchev–Trinajstić information content (AvgIpc) is 3.13. The van der Waals surface area contributed by atoms with Crippen LogP contribution in [0.1, 0.15) is 26.3 Å². The van der Waals surface area contributed by atoms with E-state index in [1.165, 1.54) is 11.0 Å². The molecule has 132 valence electrons. The van der Waals surface area contributed by atoms with Crippen LogP contribution < -0.4 is 10.2 Å². The third-order valence-electron chi connectivity index (χ3n) is 4.14. The SMILES string of the molecule is O=C1c2ccccc2NC(c2ccc(C(F)(F)F)s2)N1c1ccccc1. The maximum atomic E-state index is 13.1. The summed E-state index contributed by atoms with van der Waals surface area (Å²) in [4.78, 5) is 14.3. The number of carbonyl (C=O) groups excluding carboxylic acids is 1. The highest BCUT2D eigenvalue weighted by Gasteiger charge is 2.37. The third-order valence-corrected chi connectivity index (χ3v) is 5.32. The Morgan fingerprint density at radius 2 is 1.62 bits per heavy atom. The molecule has 7 heteroatoms. The Morgan fingerprint density at radius 1 is 0.923 bits per heavy atom. The van der Waals surface area contributed by atoms with Crippen molar-refractivity contribution in [2.24, 2.45) is 0 Å². The maximum Gasteiger partial charge on any atom is 0.425 e. The summed E-state index contributed by atoms with van der Waals surface area (Å²) in [6.07, 6.45) is -5.11. The fourth-order valence-electron chi connectivity index (χ4n) is 2.96. The molecule has 1 amide bonds. The molecule has 1 N–H and O–H groups in total. The quantitative estimate of drug-likeness (QED) is 0.639. The Bertz CT molecular complexity index is 953. The minimum Gasteiger partial charge on any atom is -0.360 e. The monoisotopic (exact) mass is 374 g/mol. The first-order chi connectivity index (χ1) is 12.4. The molecule has 0 spiro atoms. The summed E-state index contributed by atoms with van der Waals surface area (Å²) in [6, 6.07) is 18.4. The topological polar surface area (TPSA) is 32.3 Å². The van der Waals surface area contributed by atoms with Crippen LogP contribution in [0.2, 0.25) is 0 Å². The van der Waals surface area contributed by atoms with E-state index in [9.17, 15) is 18.0 Å². The van der Waals surface area contributed by atoms with E-state index in [0.29, 0.717) is 33.2 Å². The summed E-state index contributed by atoms with van der Waals surface area (Å²) in [5.74, 6) is -0.252. The normalized spacial score (nSPS) is 17.0. The standard InChI is InChI=1S/C19H13F3N2OS/c20-19(21,22)16-11-10-15(26-16)17-23-14-9-5-4-8-13(14)18(25)24(17)12-6-2-1-3-7-12/h1-11,17,23H. The first-order valence-corrected chi connectivity index (χ1v) is 8.68. The molecule has 26 heavy (non-hydrogen) atoms. The molecule has 0 aliphatic carbocycles. The molecular weight excluding hydrogens is 361 g/mol. The molecule has 2 heterocycles. The number of para-hydroxylation sites is 2. The van der Waals surface area contributed by atoms with E-state index in [0.717, 1.165) is 6.07 Å². The van der Waals surface area contributed by atoms with Gasteiger partial charge in [0, 0.05) is 16.3 Å². The van der Waals surface area contributed by atoms with Crippen molar-refractivity contribution in [1.29, 1.82) is 0 Å². The molecule has 1 aromatic heterocycles. The van der Waals surface area contributed by atoms with Gasteiger partial charge in [-0.25, -0.2) is 0 Å². The number of halogens is 3. The molecule has 1 aliphatic heterocycles. The number of nitrogens with zero attached hydrogens (tertiary/aromatic N) is 1. The smallest absolute Gasteiger partial charge is 0.360 e. The minimum absolute atomic E-state index is 0.252. The van der Waals surface area contributed by atoms with Crippen molar-refractivity contribution in [1.82, 2.24) is 0 Å². The highest BCUT2D eigenvalue weighted by Crippen LogP contribution is 2.42. The highest BCUT2D eigenvalue weighted by molar-refractivity contribution is 7.12. The zero-order valence-corrected chi connectivity index (χ0v) is 14.1. The molecule has 3 aromatic rings. The van der Waals surface area contributed by atoms with Gasteiger partial charge >= 0.3 is 6.18 Å². The van der Waals surface area contributed by atoms with Crippen LogP contribution in [0.25, 0.3) is 0 Å². The van der Waals surface area contributed by atoms with E-state index in [-0.39, 0.29) is 5.91 Å². The van der Waals surface area contributed by atoms with E-state index in [1.54, 1.807) is 48.5 Å². The predicted molar refractivity (Wildman–Crippen MR) is 95.4 cm³/mol. The number of benzene rings is 2. The minimum atomic E-state index is -4.41. The Morgan fingerprint density at radius 3 is 2.31 bits per heavy atom. The number of thiophene rings is 1. The van der Waals surface area contributed by atoms with E-state index in [4.69, 9.17) is 0 Å². The predicted octanol–water partition coefficient (Wildman–Crippen LogP) is 5.54. The van der Waals surface area contributed by atoms with Crippen molar-refractivity contribution in [3.63, 3.8) is 0 Å². The van der Waals surface area contributed by atoms with Gasteiger partial charge in [0.25, 0.3) is 5.91 Å². The van der Waals surface area contributed by atoms with Crippen molar-refractivity contribution in [2.75, 3.05) is 10.2 Å². The molecule has 0 radical (unpaired) electrons. The Hall–Kier alpha value is -2.80. The molecule has 3 nitrogen and oxygen atoms in total. The first kappa shape index (κ1) is 16.7. The van der Waals surface area contributed by atoms with E-state index in [2.05, 4.69) is 5.32 Å². The lowest BCUT2D eigenvalue weighted by Crippen LogP contribution is -2.42. The molecule has 0 fully saturated rings. The van der Waals surface area contributed by atoms with E-state index in [1.807, 2.05) is 6.07 Å². The lowest BCUT2D eigenvalue weighted by Gasteiger charge is -2.37. The number of anilines is 2. The zero-order chi connectivity index (χ0) is 18.3. The molecule has 1 atom stereocenters. The number of alkyl halides is 3. The van der Waals surface area contributed by atoms with E-state index >= 15 is 0 Å². The number of rotatable bonds is 2. The van der Waals surface area contributed by atoms with Gasteiger partial charge in [0.1, 0.15) is 11.0 Å². The zero-order valence-electron chi connectivity index (χ0n) is 13.3. The molecule has 1 aliphatic rings. The maximum absolute atomic E-state index is 13.1. The second-order valence-corrected chi connectivity index (χ2v) is 6.92. The number of amides is 1. The van der Waals surface area contributed by atoms with Gasteiger partial charge in [-0.05, 0) is 36.4 Å². The summed E-state index contributed by atoms with van der Waals surface area (Å²) in [5, 5.41) is 3.21. The van der Waals surface area contributed by atoms with Crippen molar-refractivity contribution in [3.05, 3.63) is 82.0 Å². The number of hydrogen-bond donors (Lipinski definition) is 1. The molecule has 0 saturated heterocycles. The van der Waals surface area contributed by atoms with E-state index < -0.39 is 17.2 Å². The Kier molecular flexibility index (Phi) is 3.96. The van der Waals surface area contributed by atoms with Gasteiger partial charge in [-0.2, -0.15) is 13.2 Å². The summed E-state index contributed by atoms with van der Waals surface area (Å²) in [7, 11) is 0. The lowest BCUT2D eigenvalue weighted by molar-refractivity contribution is -0.134. The van der Waals surface area contributed by atoms with Crippen molar-refractivity contribution in [3.8, 4) is 0 Å². The van der Waals surface area contributed by atoms with Crippen LogP contribution >= 0.6 is 11.3 Å². The molecular formula is C19H13F3N2OS. The van der Waals surface area contributed by atoms with Gasteiger partial charge in [0.15, 0.2) is 0 Å². The molecule has 0 saturated carbocycles. The van der Waals surface area contributed by atoms with Crippen molar-refractivity contribution >= 4 is 28.6 Å². The van der Waals surface area contributed by atoms with Gasteiger partial charge in [-0.3, -0.25) is 9.69 Å². The average molecular weight is 374 g/mol. The first-order valence-electron chi connectivity index (χ1n) is 7.86. The fraction of sp³-hybridized carbons (Fsp3) is 0.105. The molecule has 2 aromatic carbocycles. The van der Waals surface area contributed by atoms with Gasteiger partial charge in [-0.15, -0.1) is 11.3 Å². The van der Waals surface area contributed by atoms with Gasteiger partial charge in [-0.1, -0.05) is 30.3 Å². The van der Waals surface area contributed by atoms with Gasteiger partial charge in [0.05, 0.1) is 5.56 Å². The number of fused-ring (bicyclic) bond motifs is 1. The summed E-state index contributed by atoms with van der Waals surface area (Å²) in [6.45, 7) is 0. The molecule has 0 bridgehead atoms. The summed E-state index contributed by atoms with van der Waals surface area (Å²) >= 11 is 0.640. The Balaban J connectivity index is 1.83. The third kappa shape index (κ3) is 2.84. The second kappa shape index (κ2) is 6.17. The number of hydrogen-bond acceptors (Lipinski definition) is 3. The number of carbonyl (C=O) groups is 1. The second-order valence-electron chi connectivity index (χ2n) is 5.80. The molecule has 4 rings (SSSR count). The van der Waals surface area contributed by atoms with Gasteiger partial charge in [0.2, 0.25) is 0 Å². The van der Waals surface area contributed by atoms with Crippen LogP contribution in [0.4, 0.5) is 24.5 Å².